The number of aryl methyl sites for hydroxylation is 1. The summed E-state index contributed by atoms with van der Waals surface area (Å²) in [6, 6.07) is 12.0. The van der Waals surface area contributed by atoms with Gasteiger partial charge in [-0.15, -0.1) is 0 Å². The third kappa shape index (κ3) is 3.92. The van der Waals surface area contributed by atoms with Crippen LogP contribution in [0.1, 0.15) is 31.8 Å². The van der Waals surface area contributed by atoms with E-state index < -0.39 is 5.97 Å². The molecule has 2 aromatic carbocycles. The molecule has 21 heavy (non-hydrogen) atoms. The van der Waals surface area contributed by atoms with Crippen LogP contribution in [0.25, 0.3) is 0 Å². The Bertz CT molecular complexity index is 680. The number of amides is 1. The second-order valence-electron chi connectivity index (χ2n) is 4.67. The SMILES string of the molecule is Cc1ccc(Br)c(C(=O)NCc2ccc(C(=O)O)cc2)c1. The van der Waals surface area contributed by atoms with Gasteiger partial charge in [0.1, 0.15) is 0 Å². The Kier molecular flexibility index (Phi) is 4.75. The van der Waals surface area contributed by atoms with Gasteiger partial charge in [-0.1, -0.05) is 23.8 Å². The number of carbonyl (C=O) groups is 2. The molecule has 1 amide bonds. The maximum Gasteiger partial charge on any atom is 0.335 e. The van der Waals surface area contributed by atoms with E-state index >= 15 is 0 Å². The van der Waals surface area contributed by atoms with E-state index in [0.29, 0.717) is 12.1 Å². The Morgan fingerprint density at radius 1 is 1.14 bits per heavy atom. The van der Waals surface area contributed by atoms with Crippen LogP contribution in [0.5, 0.6) is 0 Å². The summed E-state index contributed by atoms with van der Waals surface area (Å²) in [4.78, 5) is 22.9. The molecule has 0 saturated heterocycles. The summed E-state index contributed by atoms with van der Waals surface area (Å²) in [6.07, 6.45) is 0. The smallest absolute Gasteiger partial charge is 0.335 e. The van der Waals surface area contributed by atoms with E-state index in [-0.39, 0.29) is 11.5 Å². The number of benzene rings is 2. The number of hydrogen-bond donors (Lipinski definition) is 2. The molecule has 2 aromatic rings. The van der Waals surface area contributed by atoms with Crippen LogP contribution in [-0.4, -0.2) is 17.0 Å². The molecule has 2 N–H and O–H groups in total. The molecule has 0 aliphatic rings. The first-order valence-corrected chi connectivity index (χ1v) is 7.13. The number of nitrogens with one attached hydrogen (secondary N) is 1. The van der Waals surface area contributed by atoms with Crippen LogP contribution < -0.4 is 5.32 Å². The Morgan fingerprint density at radius 3 is 2.43 bits per heavy atom. The van der Waals surface area contributed by atoms with E-state index in [1.807, 2.05) is 25.1 Å². The molecule has 0 atom stereocenters. The second-order valence-corrected chi connectivity index (χ2v) is 5.52. The standard InChI is InChI=1S/C16H14BrNO3/c1-10-2-7-14(17)13(8-10)15(19)18-9-11-3-5-12(6-4-11)16(20)21/h2-8H,9H2,1H3,(H,18,19)(H,20,21). The molecule has 2 rings (SSSR count). The molecule has 0 spiro atoms. The molecule has 0 heterocycles. The minimum absolute atomic E-state index is 0.173. The van der Waals surface area contributed by atoms with E-state index in [1.54, 1.807) is 12.1 Å². The van der Waals surface area contributed by atoms with Crippen molar-refractivity contribution in [3.63, 3.8) is 0 Å². The van der Waals surface area contributed by atoms with Gasteiger partial charge in [-0.3, -0.25) is 4.79 Å². The second kappa shape index (κ2) is 6.54. The van der Waals surface area contributed by atoms with Crippen LogP contribution in [0.15, 0.2) is 46.9 Å². The maximum atomic E-state index is 12.1. The minimum atomic E-state index is -0.964. The summed E-state index contributed by atoms with van der Waals surface area (Å²) in [6.45, 7) is 2.27. The first-order chi connectivity index (χ1) is 9.97. The van der Waals surface area contributed by atoms with Gasteiger partial charge in [-0.25, -0.2) is 4.79 Å². The van der Waals surface area contributed by atoms with Crippen LogP contribution >= 0.6 is 15.9 Å². The number of halogens is 1. The van der Waals surface area contributed by atoms with Gasteiger partial charge >= 0.3 is 5.97 Å². The molecule has 0 unspecified atom stereocenters. The zero-order valence-corrected chi connectivity index (χ0v) is 13.0. The van der Waals surface area contributed by atoms with Crippen molar-refractivity contribution in [2.24, 2.45) is 0 Å². The molecule has 4 nitrogen and oxygen atoms in total. The lowest BCUT2D eigenvalue weighted by Crippen LogP contribution is -2.23. The van der Waals surface area contributed by atoms with Crippen molar-refractivity contribution in [2.75, 3.05) is 0 Å². The van der Waals surface area contributed by atoms with Crippen LogP contribution in [0.4, 0.5) is 0 Å². The molecular weight excluding hydrogens is 334 g/mol. The van der Waals surface area contributed by atoms with E-state index in [2.05, 4.69) is 21.2 Å². The van der Waals surface area contributed by atoms with Gasteiger partial charge in [0.05, 0.1) is 11.1 Å². The molecule has 0 saturated carbocycles. The Hall–Kier alpha value is -2.14. The fourth-order valence-corrected chi connectivity index (χ4v) is 2.28. The Labute approximate surface area is 130 Å². The lowest BCUT2D eigenvalue weighted by atomic mass is 10.1. The van der Waals surface area contributed by atoms with E-state index in [1.165, 1.54) is 12.1 Å². The molecule has 0 aromatic heterocycles. The normalized spacial score (nSPS) is 10.2. The third-order valence-corrected chi connectivity index (χ3v) is 3.71. The van der Waals surface area contributed by atoms with Gasteiger partial charge in [-0.2, -0.15) is 0 Å². The minimum Gasteiger partial charge on any atom is -0.478 e. The van der Waals surface area contributed by atoms with Crippen molar-refractivity contribution in [2.45, 2.75) is 13.5 Å². The highest BCUT2D eigenvalue weighted by Crippen LogP contribution is 2.18. The summed E-state index contributed by atoms with van der Waals surface area (Å²) >= 11 is 3.36. The number of carboxylic acids is 1. The predicted molar refractivity (Wildman–Crippen MR) is 83.5 cm³/mol. The molecule has 0 fully saturated rings. The summed E-state index contributed by atoms with van der Waals surface area (Å²) in [5, 5.41) is 11.6. The lowest BCUT2D eigenvalue weighted by Gasteiger charge is -2.08. The number of carbonyl (C=O) groups excluding carboxylic acids is 1. The molecule has 108 valence electrons. The third-order valence-electron chi connectivity index (χ3n) is 3.02. The predicted octanol–water partition coefficient (Wildman–Crippen LogP) is 3.39. The van der Waals surface area contributed by atoms with Crippen molar-refractivity contribution in [3.8, 4) is 0 Å². The number of rotatable bonds is 4. The van der Waals surface area contributed by atoms with Crippen LogP contribution in [-0.2, 0) is 6.54 Å². The zero-order valence-electron chi connectivity index (χ0n) is 11.4. The first-order valence-electron chi connectivity index (χ1n) is 6.34. The zero-order chi connectivity index (χ0) is 15.4. The molecule has 0 radical (unpaired) electrons. The number of aromatic carboxylic acids is 1. The van der Waals surface area contributed by atoms with Crippen molar-refractivity contribution < 1.29 is 14.7 Å². The monoisotopic (exact) mass is 347 g/mol. The summed E-state index contributed by atoms with van der Waals surface area (Å²) < 4.78 is 0.742. The van der Waals surface area contributed by atoms with Crippen LogP contribution in [0.2, 0.25) is 0 Å². The van der Waals surface area contributed by atoms with Gasteiger partial charge in [0.2, 0.25) is 0 Å². The van der Waals surface area contributed by atoms with Crippen molar-refractivity contribution >= 4 is 27.8 Å². The summed E-state index contributed by atoms with van der Waals surface area (Å²) in [7, 11) is 0. The van der Waals surface area contributed by atoms with Gasteiger partial charge < -0.3 is 10.4 Å². The average Bonchev–Trinajstić information content (AvgIpc) is 2.47. The van der Waals surface area contributed by atoms with Gasteiger partial charge in [-0.05, 0) is 52.7 Å². The Balaban J connectivity index is 2.04. The highest BCUT2D eigenvalue weighted by molar-refractivity contribution is 9.10. The molecular formula is C16H14BrNO3. The largest absolute Gasteiger partial charge is 0.478 e. The van der Waals surface area contributed by atoms with Gasteiger partial charge in [0.25, 0.3) is 5.91 Å². The number of hydrogen-bond acceptors (Lipinski definition) is 2. The summed E-state index contributed by atoms with van der Waals surface area (Å²) in [5.74, 6) is -1.14. The van der Waals surface area contributed by atoms with Crippen LogP contribution in [0.3, 0.4) is 0 Å². The highest BCUT2D eigenvalue weighted by atomic mass is 79.9. The van der Waals surface area contributed by atoms with Crippen molar-refractivity contribution in [1.82, 2.24) is 5.32 Å². The average molecular weight is 348 g/mol. The fraction of sp³-hybridized carbons (Fsp3) is 0.125. The maximum absolute atomic E-state index is 12.1. The van der Waals surface area contributed by atoms with E-state index in [9.17, 15) is 9.59 Å². The van der Waals surface area contributed by atoms with Crippen molar-refractivity contribution in [3.05, 3.63) is 69.2 Å². The lowest BCUT2D eigenvalue weighted by molar-refractivity contribution is 0.0696. The van der Waals surface area contributed by atoms with E-state index in [4.69, 9.17) is 5.11 Å². The molecule has 0 bridgehead atoms. The molecule has 5 heteroatoms. The molecule has 0 aliphatic carbocycles. The van der Waals surface area contributed by atoms with E-state index in [0.717, 1.165) is 15.6 Å². The highest BCUT2D eigenvalue weighted by Gasteiger charge is 2.10. The van der Waals surface area contributed by atoms with Crippen LogP contribution in [0, 0.1) is 6.92 Å². The Morgan fingerprint density at radius 2 is 1.81 bits per heavy atom. The van der Waals surface area contributed by atoms with Crippen molar-refractivity contribution in [1.29, 1.82) is 0 Å². The first kappa shape index (κ1) is 15.3. The van der Waals surface area contributed by atoms with Gasteiger partial charge in [0.15, 0.2) is 0 Å². The summed E-state index contributed by atoms with van der Waals surface area (Å²) in [5.41, 5.74) is 2.66. The number of carboxylic acid groups (broad SMARTS) is 1. The molecule has 0 aliphatic heterocycles. The fourth-order valence-electron chi connectivity index (χ4n) is 1.86. The van der Waals surface area contributed by atoms with Gasteiger partial charge in [0, 0.05) is 11.0 Å². The topological polar surface area (TPSA) is 66.4 Å². The quantitative estimate of drug-likeness (QED) is 0.890.